The summed E-state index contributed by atoms with van der Waals surface area (Å²) in [5, 5.41) is 10.9. The molecule has 4 nitrogen and oxygen atoms in total. The molecule has 1 atom stereocenters. The average Bonchev–Trinajstić information content (AvgIpc) is 3.89. The summed E-state index contributed by atoms with van der Waals surface area (Å²) in [6, 6.07) is 53.9. The predicted octanol–water partition coefficient (Wildman–Crippen LogP) is 18.3. The second-order valence-electron chi connectivity index (χ2n) is 20.5. The van der Waals surface area contributed by atoms with E-state index >= 15 is 0 Å². The summed E-state index contributed by atoms with van der Waals surface area (Å²) >= 11 is 0. The molecular formula is C61H50N2O2. The number of nitrogens with zero attached hydrogens (tertiary/aromatic N) is 2. The van der Waals surface area contributed by atoms with Crippen molar-refractivity contribution in [1.29, 1.82) is 0 Å². The molecule has 0 bridgehead atoms. The van der Waals surface area contributed by atoms with Crippen LogP contribution in [0.15, 0.2) is 161 Å². The van der Waals surface area contributed by atoms with Crippen molar-refractivity contribution in [3.8, 4) is 11.1 Å². The number of anilines is 6. The molecule has 316 valence electrons. The molecule has 65 heavy (non-hydrogen) atoms. The first-order valence-corrected chi connectivity index (χ1v) is 23.1. The summed E-state index contributed by atoms with van der Waals surface area (Å²) in [7, 11) is 0. The van der Waals surface area contributed by atoms with E-state index in [4.69, 9.17) is 8.83 Å². The SMILES string of the molecule is Cc1ccccc1N(c1ccc2cc3c4c(ccc5ccc1c2c54)N(c1cccc2c4c(oc12)C(C(C)(C)C)CC=C4)c1ccccc1-3)c1cccc2c1oc1c(C(C)(C)C)cccc12. The third-order valence-electron chi connectivity index (χ3n) is 14.6. The zero-order valence-electron chi connectivity index (χ0n) is 38.0. The molecule has 1 unspecified atom stereocenters. The van der Waals surface area contributed by atoms with E-state index in [2.05, 4.69) is 216 Å². The fourth-order valence-electron chi connectivity index (χ4n) is 11.5. The van der Waals surface area contributed by atoms with E-state index in [-0.39, 0.29) is 10.8 Å². The Balaban J connectivity index is 1.08. The Hall–Kier alpha value is -7.30. The van der Waals surface area contributed by atoms with Gasteiger partial charge >= 0.3 is 0 Å². The van der Waals surface area contributed by atoms with Crippen LogP contribution in [-0.4, -0.2) is 0 Å². The number of hydrogen-bond donors (Lipinski definition) is 0. The Bertz CT molecular complexity index is 3810. The summed E-state index contributed by atoms with van der Waals surface area (Å²) in [6.07, 6.45) is 5.59. The van der Waals surface area contributed by atoms with Gasteiger partial charge in [0.2, 0.25) is 0 Å². The number of benzene rings is 9. The van der Waals surface area contributed by atoms with Gasteiger partial charge in [-0.05, 0) is 93.9 Å². The van der Waals surface area contributed by atoms with Gasteiger partial charge < -0.3 is 18.6 Å². The molecule has 4 heteroatoms. The number of aryl methyl sites for hydroxylation is 1. The van der Waals surface area contributed by atoms with Crippen LogP contribution in [0.3, 0.4) is 0 Å². The van der Waals surface area contributed by atoms with Gasteiger partial charge in [-0.3, -0.25) is 0 Å². The van der Waals surface area contributed by atoms with Crippen LogP contribution >= 0.6 is 0 Å². The first-order chi connectivity index (χ1) is 31.5. The third-order valence-corrected chi connectivity index (χ3v) is 14.6. The van der Waals surface area contributed by atoms with Crippen molar-refractivity contribution in [3.63, 3.8) is 0 Å². The lowest BCUT2D eigenvalue weighted by Crippen LogP contribution is -2.19. The molecule has 1 aliphatic carbocycles. The Morgan fingerprint density at radius 1 is 0.523 bits per heavy atom. The van der Waals surface area contributed by atoms with Crippen LogP contribution in [0.4, 0.5) is 34.1 Å². The number of fused-ring (bicyclic) bond motifs is 8. The van der Waals surface area contributed by atoms with E-state index in [1.54, 1.807) is 0 Å². The second-order valence-corrected chi connectivity index (χ2v) is 20.5. The number of allylic oxidation sites excluding steroid dienone is 1. The van der Waals surface area contributed by atoms with E-state index in [0.717, 1.165) is 73.8 Å². The first-order valence-electron chi connectivity index (χ1n) is 23.1. The van der Waals surface area contributed by atoms with Crippen molar-refractivity contribution in [2.45, 2.75) is 66.2 Å². The predicted molar refractivity (Wildman–Crippen MR) is 275 cm³/mol. The second kappa shape index (κ2) is 13.4. The fourth-order valence-corrected chi connectivity index (χ4v) is 11.5. The minimum Gasteiger partial charge on any atom is -0.458 e. The molecule has 0 amide bonds. The van der Waals surface area contributed by atoms with Gasteiger partial charge in [0.15, 0.2) is 11.2 Å². The van der Waals surface area contributed by atoms with Crippen molar-refractivity contribution in [2.75, 3.05) is 9.80 Å². The lowest BCUT2D eigenvalue weighted by Gasteiger charge is -2.34. The summed E-state index contributed by atoms with van der Waals surface area (Å²) in [5.74, 6) is 1.40. The van der Waals surface area contributed by atoms with Crippen LogP contribution in [0.1, 0.15) is 76.3 Å². The lowest BCUT2D eigenvalue weighted by atomic mass is 9.74. The summed E-state index contributed by atoms with van der Waals surface area (Å²) < 4.78 is 14.2. The van der Waals surface area contributed by atoms with E-state index in [0.29, 0.717) is 5.92 Å². The Labute approximate surface area is 379 Å². The van der Waals surface area contributed by atoms with Gasteiger partial charge in [0.05, 0.1) is 28.4 Å². The van der Waals surface area contributed by atoms with Crippen LogP contribution in [-0.2, 0) is 5.41 Å². The molecular weight excluding hydrogens is 793 g/mol. The highest BCUT2D eigenvalue weighted by Gasteiger charge is 2.36. The van der Waals surface area contributed by atoms with Crippen molar-refractivity contribution in [1.82, 2.24) is 0 Å². The van der Waals surface area contributed by atoms with Crippen LogP contribution in [0, 0.1) is 12.3 Å². The van der Waals surface area contributed by atoms with E-state index in [9.17, 15) is 0 Å². The molecule has 0 saturated heterocycles. The van der Waals surface area contributed by atoms with Crippen molar-refractivity contribution in [3.05, 3.63) is 174 Å². The highest BCUT2D eigenvalue weighted by Crippen LogP contribution is 2.57. The van der Waals surface area contributed by atoms with Gasteiger partial charge in [0, 0.05) is 60.6 Å². The molecule has 1 aliphatic heterocycles. The number of furan rings is 2. The number of para-hydroxylation sites is 5. The normalized spacial score (nSPS) is 15.0. The zero-order valence-corrected chi connectivity index (χ0v) is 38.0. The molecule has 0 radical (unpaired) electrons. The van der Waals surface area contributed by atoms with Crippen molar-refractivity contribution < 1.29 is 8.83 Å². The molecule has 0 spiro atoms. The zero-order chi connectivity index (χ0) is 44.1. The molecule has 0 fully saturated rings. The van der Waals surface area contributed by atoms with Gasteiger partial charge in [-0.15, -0.1) is 0 Å². The van der Waals surface area contributed by atoms with E-state index in [1.165, 1.54) is 65.5 Å². The van der Waals surface area contributed by atoms with Crippen LogP contribution < -0.4 is 9.80 Å². The topological polar surface area (TPSA) is 32.8 Å². The molecule has 0 N–H and O–H groups in total. The summed E-state index contributed by atoms with van der Waals surface area (Å²) in [6.45, 7) is 16.0. The maximum absolute atomic E-state index is 7.13. The van der Waals surface area contributed by atoms with Gasteiger partial charge in [-0.25, -0.2) is 0 Å². The lowest BCUT2D eigenvalue weighted by molar-refractivity contribution is 0.283. The standard InChI is InChI=1S/C61H50N2O2/c1-35-16-8-10-24-47(35)62(51-26-14-20-41-39-18-12-22-45(60(2,3)4)56(39)64-58(41)51)49-32-30-37-34-44-38-17-9-11-25-48(38)63(50-33-29-36-28-31-43(49)53(37)54(36)55(44)50)52-27-15-21-42-40-19-13-23-46(61(5,6)7)57(40)65-59(42)52/h8-22,24-34,46H,23H2,1-7H3. The highest BCUT2D eigenvalue weighted by molar-refractivity contribution is 6.33. The average molecular weight is 843 g/mol. The fraction of sp³-hybridized carbons (Fsp3) is 0.180. The summed E-state index contributed by atoms with van der Waals surface area (Å²) in [4.78, 5) is 4.91. The van der Waals surface area contributed by atoms with Gasteiger partial charge in [0.1, 0.15) is 11.3 Å². The number of hydrogen-bond acceptors (Lipinski definition) is 4. The molecule has 2 aromatic heterocycles. The van der Waals surface area contributed by atoms with Crippen molar-refractivity contribution >= 4 is 105 Å². The maximum atomic E-state index is 7.13. The van der Waals surface area contributed by atoms with Gasteiger partial charge in [-0.1, -0.05) is 157 Å². The van der Waals surface area contributed by atoms with Crippen LogP contribution in [0.2, 0.25) is 0 Å². The minimum atomic E-state index is -0.0811. The molecule has 2 aliphatic rings. The first kappa shape index (κ1) is 38.2. The third kappa shape index (κ3) is 5.37. The molecule has 9 aromatic carbocycles. The Morgan fingerprint density at radius 3 is 2.06 bits per heavy atom. The highest BCUT2D eigenvalue weighted by atomic mass is 16.3. The van der Waals surface area contributed by atoms with Crippen molar-refractivity contribution in [2.24, 2.45) is 5.41 Å². The van der Waals surface area contributed by atoms with Crippen LogP contribution in [0.5, 0.6) is 0 Å². The largest absolute Gasteiger partial charge is 0.458 e. The molecule has 0 saturated carbocycles. The van der Waals surface area contributed by atoms with Gasteiger partial charge in [-0.2, -0.15) is 0 Å². The maximum Gasteiger partial charge on any atom is 0.159 e. The molecule has 13 rings (SSSR count). The van der Waals surface area contributed by atoms with Gasteiger partial charge in [0.25, 0.3) is 0 Å². The Morgan fingerprint density at radius 2 is 1.23 bits per heavy atom. The molecule has 3 heterocycles. The Kier molecular flexibility index (Phi) is 7.85. The monoisotopic (exact) mass is 842 g/mol. The number of rotatable bonds is 4. The van der Waals surface area contributed by atoms with Crippen LogP contribution in [0.25, 0.3) is 82.4 Å². The summed E-state index contributed by atoms with van der Waals surface area (Å²) in [5.41, 5.74) is 15.5. The van der Waals surface area contributed by atoms with E-state index in [1.807, 2.05) is 0 Å². The molecule has 11 aromatic rings. The minimum absolute atomic E-state index is 0.0637. The van der Waals surface area contributed by atoms with E-state index < -0.39 is 0 Å². The smallest absolute Gasteiger partial charge is 0.159 e. The quantitative estimate of drug-likeness (QED) is 0.165.